The van der Waals surface area contributed by atoms with Gasteiger partial charge in [0.1, 0.15) is 5.75 Å². The molecule has 0 aromatic heterocycles. The van der Waals surface area contributed by atoms with Crippen LogP contribution in [0.15, 0.2) is 84.9 Å². The molecule has 0 atom stereocenters. The van der Waals surface area contributed by atoms with E-state index < -0.39 is 0 Å². The van der Waals surface area contributed by atoms with Crippen molar-refractivity contribution in [3.8, 4) is 5.75 Å². The fraction of sp³-hybridized carbons (Fsp3) is 0.0476. The van der Waals surface area contributed by atoms with Gasteiger partial charge in [0.15, 0.2) is 0 Å². The minimum atomic E-state index is 0.289. The predicted molar refractivity (Wildman–Crippen MR) is 92.6 cm³/mol. The molecule has 3 aromatic carbocycles. The van der Waals surface area contributed by atoms with Crippen LogP contribution in [0.3, 0.4) is 0 Å². The van der Waals surface area contributed by atoms with Crippen molar-refractivity contribution in [2.75, 3.05) is 0 Å². The van der Waals surface area contributed by atoms with Crippen molar-refractivity contribution in [2.45, 2.75) is 6.92 Å². The van der Waals surface area contributed by atoms with E-state index in [9.17, 15) is 5.11 Å². The lowest BCUT2D eigenvalue weighted by molar-refractivity contribution is 0.475. The molecule has 108 valence electrons. The van der Waals surface area contributed by atoms with Gasteiger partial charge in [-0.1, -0.05) is 72.8 Å². The number of phenols is 1. The first kappa shape index (κ1) is 14.2. The predicted octanol–water partition coefficient (Wildman–Crippen LogP) is 5.37. The molecule has 0 bridgehead atoms. The summed E-state index contributed by atoms with van der Waals surface area (Å²) in [5, 5.41) is 9.50. The lowest BCUT2D eigenvalue weighted by atomic mass is 9.90. The molecule has 0 unspecified atom stereocenters. The highest BCUT2D eigenvalue weighted by molar-refractivity contribution is 5.97. The molecule has 0 amide bonds. The molecule has 3 aromatic rings. The second-order valence-electron chi connectivity index (χ2n) is 5.28. The van der Waals surface area contributed by atoms with Crippen LogP contribution in [0.5, 0.6) is 5.75 Å². The van der Waals surface area contributed by atoms with Crippen LogP contribution in [0.2, 0.25) is 0 Å². The molecular weight excluding hydrogens is 268 g/mol. The number of benzene rings is 3. The van der Waals surface area contributed by atoms with E-state index in [2.05, 4.69) is 55.5 Å². The number of hydrogen-bond donors (Lipinski definition) is 1. The third-order valence-electron chi connectivity index (χ3n) is 3.80. The number of allylic oxidation sites excluding steroid dienone is 1. The Labute approximate surface area is 131 Å². The van der Waals surface area contributed by atoms with Crippen LogP contribution in [-0.2, 0) is 0 Å². The van der Waals surface area contributed by atoms with Crippen LogP contribution in [0.4, 0.5) is 0 Å². The average molecular weight is 286 g/mol. The SMILES string of the molecule is CC(=C(c1ccccc1)c1ccccc1)c1ccc(O)cc1. The summed E-state index contributed by atoms with van der Waals surface area (Å²) in [4.78, 5) is 0. The molecule has 0 saturated heterocycles. The Kier molecular flexibility index (Phi) is 4.06. The molecule has 0 saturated carbocycles. The van der Waals surface area contributed by atoms with Crippen LogP contribution in [-0.4, -0.2) is 5.11 Å². The van der Waals surface area contributed by atoms with Crippen molar-refractivity contribution in [1.82, 2.24) is 0 Å². The lowest BCUT2D eigenvalue weighted by Gasteiger charge is -2.14. The molecule has 1 N–H and O–H groups in total. The fourth-order valence-electron chi connectivity index (χ4n) is 2.67. The first-order valence-electron chi connectivity index (χ1n) is 7.37. The normalized spacial score (nSPS) is 10.2. The van der Waals surface area contributed by atoms with E-state index in [1.54, 1.807) is 12.1 Å². The Morgan fingerprint density at radius 1 is 0.591 bits per heavy atom. The van der Waals surface area contributed by atoms with Gasteiger partial charge in [0, 0.05) is 0 Å². The van der Waals surface area contributed by atoms with Crippen LogP contribution in [0.25, 0.3) is 11.1 Å². The van der Waals surface area contributed by atoms with Gasteiger partial charge < -0.3 is 5.11 Å². The summed E-state index contributed by atoms with van der Waals surface area (Å²) in [6.07, 6.45) is 0. The van der Waals surface area contributed by atoms with Gasteiger partial charge in [0.25, 0.3) is 0 Å². The summed E-state index contributed by atoms with van der Waals surface area (Å²) < 4.78 is 0. The maximum Gasteiger partial charge on any atom is 0.115 e. The van der Waals surface area contributed by atoms with Crippen molar-refractivity contribution in [3.63, 3.8) is 0 Å². The molecular formula is C21H18O. The van der Waals surface area contributed by atoms with E-state index in [0.717, 1.165) is 5.56 Å². The van der Waals surface area contributed by atoms with Crippen molar-refractivity contribution in [1.29, 1.82) is 0 Å². The number of rotatable bonds is 3. The lowest BCUT2D eigenvalue weighted by Crippen LogP contribution is -1.92. The fourth-order valence-corrected chi connectivity index (χ4v) is 2.67. The molecule has 0 heterocycles. The first-order chi connectivity index (χ1) is 10.8. The molecule has 0 fully saturated rings. The zero-order chi connectivity index (χ0) is 15.4. The van der Waals surface area contributed by atoms with Crippen molar-refractivity contribution < 1.29 is 5.11 Å². The van der Waals surface area contributed by atoms with E-state index in [4.69, 9.17) is 0 Å². The first-order valence-corrected chi connectivity index (χ1v) is 7.37. The number of aromatic hydroxyl groups is 1. The Morgan fingerprint density at radius 3 is 1.50 bits per heavy atom. The monoisotopic (exact) mass is 286 g/mol. The summed E-state index contributed by atoms with van der Waals surface area (Å²) in [5.41, 5.74) is 5.91. The molecule has 0 aliphatic heterocycles. The largest absolute Gasteiger partial charge is 0.508 e. The van der Waals surface area contributed by atoms with Gasteiger partial charge >= 0.3 is 0 Å². The molecule has 0 aliphatic rings. The van der Waals surface area contributed by atoms with Gasteiger partial charge in [-0.3, -0.25) is 0 Å². The second-order valence-corrected chi connectivity index (χ2v) is 5.28. The van der Waals surface area contributed by atoms with Gasteiger partial charge in [-0.05, 0) is 46.9 Å². The molecule has 1 nitrogen and oxygen atoms in total. The third-order valence-corrected chi connectivity index (χ3v) is 3.80. The zero-order valence-electron chi connectivity index (χ0n) is 12.5. The maximum atomic E-state index is 9.50. The standard InChI is InChI=1S/C21H18O/c1-16(17-12-14-20(22)15-13-17)21(18-8-4-2-5-9-18)19-10-6-3-7-11-19/h2-15,22H,1H3. The van der Waals surface area contributed by atoms with E-state index in [0.29, 0.717) is 0 Å². The second kappa shape index (κ2) is 6.31. The quantitative estimate of drug-likeness (QED) is 0.642. The van der Waals surface area contributed by atoms with E-state index in [-0.39, 0.29) is 5.75 Å². The van der Waals surface area contributed by atoms with Crippen LogP contribution >= 0.6 is 0 Å². The topological polar surface area (TPSA) is 20.2 Å². The summed E-state index contributed by atoms with van der Waals surface area (Å²) in [7, 11) is 0. The van der Waals surface area contributed by atoms with Gasteiger partial charge in [0.2, 0.25) is 0 Å². The van der Waals surface area contributed by atoms with Gasteiger partial charge in [-0.2, -0.15) is 0 Å². The minimum Gasteiger partial charge on any atom is -0.508 e. The van der Waals surface area contributed by atoms with E-state index in [1.165, 1.54) is 22.3 Å². The van der Waals surface area contributed by atoms with E-state index in [1.807, 2.05) is 24.3 Å². The smallest absolute Gasteiger partial charge is 0.115 e. The highest BCUT2D eigenvalue weighted by Crippen LogP contribution is 2.32. The van der Waals surface area contributed by atoms with Gasteiger partial charge in [-0.25, -0.2) is 0 Å². The Hall–Kier alpha value is -2.80. The molecule has 22 heavy (non-hydrogen) atoms. The molecule has 0 radical (unpaired) electrons. The Balaban J connectivity index is 2.21. The Morgan fingerprint density at radius 2 is 1.05 bits per heavy atom. The van der Waals surface area contributed by atoms with Crippen molar-refractivity contribution in [2.24, 2.45) is 0 Å². The summed E-state index contributed by atoms with van der Waals surface area (Å²) in [5.74, 6) is 0.289. The maximum absolute atomic E-state index is 9.50. The average Bonchev–Trinajstić information content (AvgIpc) is 2.57. The van der Waals surface area contributed by atoms with Crippen molar-refractivity contribution in [3.05, 3.63) is 102 Å². The minimum absolute atomic E-state index is 0.289. The van der Waals surface area contributed by atoms with Crippen LogP contribution in [0, 0.1) is 0 Å². The summed E-state index contributed by atoms with van der Waals surface area (Å²) in [6.45, 7) is 2.13. The van der Waals surface area contributed by atoms with E-state index >= 15 is 0 Å². The Bertz CT molecular complexity index is 728. The molecule has 1 heteroatoms. The summed E-state index contributed by atoms with van der Waals surface area (Å²) >= 11 is 0. The zero-order valence-corrected chi connectivity index (χ0v) is 12.5. The van der Waals surface area contributed by atoms with Gasteiger partial charge in [0.05, 0.1) is 0 Å². The van der Waals surface area contributed by atoms with Gasteiger partial charge in [-0.15, -0.1) is 0 Å². The molecule has 0 aliphatic carbocycles. The van der Waals surface area contributed by atoms with Crippen LogP contribution in [0.1, 0.15) is 23.6 Å². The summed E-state index contributed by atoms with van der Waals surface area (Å²) in [6, 6.07) is 28.2. The highest BCUT2D eigenvalue weighted by Gasteiger charge is 2.10. The number of hydrogen-bond acceptors (Lipinski definition) is 1. The highest BCUT2D eigenvalue weighted by atomic mass is 16.3. The third kappa shape index (κ3) is 2.94. The van der Waals surface area contributed by atoms with Crippen molar-refractivity contribution >= 4 is 11.1 Å². The number of phenolic OH excluding ortho intramolecular Hbond substituents is 1. The van der Waals surface area contributed by atoms with Crippen LogP contribution < -0.4 is 0 Å². The molecule has 3 rings (SSSR count). The molecule has 0 spiro atoms.